The molecule has 0 spiro atoms. The zero-order valence-corrected chi connectivity index (χ0v) is 15.6. The summed E-state index contributed by atoms with van der Waals surface area (Å²) in [5.74, 6) is -0.734. The number of hydrogen-bond acceptors (Lipinski definition) is 2. The highest BCUT2D eigenvalue weighted by atomic mass is 35.5. The SMILES string of the molecule is Cc1ccc(NC(=O)C2(C(=O)Nc3ccc(Cl)cc3Cl)CC2)cc1Cl. The first kappa shape index (κ1) is 18.1. The van der Waals surface area contributed by atoms with Crippen molar-refractivity contribution in [2.45, 2.75) is 19.8 Å². The molecule has 1 fully saturated rings. The molecule has 0 radical (unpaired) electrons. The van der Waals surface area contributed by atoms with Crippen LogP contribution in [0.15, 0.2) is 36.4 Å². The fourth-order valence-corrected chi connectivity index (χ4v) is 3.07. The Labute approximate surface area is 160 Å². The standard InChI is InChI=1S/C18H15Cl3N2O2/c1-10-2-4-12(9-13(10)20)22-16(24)18(6-7-18)17(25)23-15-5-3-11(19)8-14(15)21/h2-5,8-9H,6-7H2,1H3,(H,22,24)(H,23,25). The maximum atomic E-state index is 12.6. The van der Waals surface area contributed by atoms with Crippen LogP contribution in [0.25, 0.3) is 0 Å². The normalized spacial score (nSPS) is 14.7. The summed E-state index contributed by atoms with van der Waals surface area (Å²) in [5.41, 5.74) is 0.814. The molecule has 2 N–H and O–H groups in total. The van der Waals surface area contributed by atoms with Gasteiger partial charge >= 0.3 is 0 Å². The second kappa shape index (κ2) is 6.87. The molecule has 0 aliphatic heterocycles. The van der Waals surface area contributed by atoms with Crippen molar-refractivity contribution in [3.05, 3.63) is 57.0 Å². The van der Waals surface area contributed by atoms with Gasteiger partial charge in [-0.15, -0.1) is 0 Å². The van der Waals surface area contributed by atoms with E-state index in [2.05, 4.69) is 10.6 Å². The van der Waals surface area contributed by atoms with Crippen LogP contribution in [0, 0.1) is 12.3 Å². The number of aryl methyl sites for hydroxylation is 1. The third-order valence-electron chi connectivity index (χ3n) is 4.23. The summed E-state index contributed by atoms with van der Waals surface area (Å²) in [6, 6.07) is 9.99. The maximum Gasteiger partial charge on any atom is 0.240 e. The summed E-state index contributed by atoms with van der Waals surface area (Å²) in [7, 11) is 0. The van der Waals surface area contributed by atoms with E-state index >= 15 is 0 Å². The highest BCUT2D eigenvalue weighted by molar-refractivity contribution is 6.37. The summed E-state index contributed by atoms with van der Waals surface area (Å²) < 4.78 is 0. The number of amides is 2. The summed E-state index contributed by atoms with van der Waals surface area (Å²) in [4.78, 5) is 25.2. The van der Waals surface area contributed by atoms with Crippen LogP contribution in [0.2, 0.25) is 15.1 Å². The summed E-state index contributed by atoms with van der Waals surface area (Å²) in [5, 5.41) is 6.82. The molecule has 25 heavy (non-hydrogen) atoms. The third-order valence-corrected chi connectivity index (χ3v) is 5.18. The highest BCUT2D eigenvalue weighted by Gasteiger charge is 2.56. The Morgan fingerprint density at radius 3 is 2.20 bits per heavy atom. The van der Waals surface area contributed by atoms with E-state index in [0.717, 1.165) is 5.56 Å². The number of anilines is 2. The van der Waals surface area contributed by atoms with Crippen LogP contribution in [-0.2, 0) is 9.59 Å². The molecule has 4 nitrogen and oxygen atoms in total. The lowest BCUT2D eigenvalue weighted by atomic mass is 10.0. The molecule has 130 valence electrons. The van der Waals surface area contributed by atoms with Crippen LogP contribution in [0.1, 0.15) is 18.4 Å². The van der Waals surface area contributed by atoms with E-state index in [-0.39, 0.29) is 11.8 Å². The lowest BCUT2D eigenvalue weighted by Gasteiger charge is -2.16. The molecule has 0 saturated heterocycles. The number of nitrogens with one attached hydrogen (secondary N) is 2. The summed E-state index contributed by atoms with van der Waals surface area (Å²) in [6.45, 7) is 1.87. The average molecular weight is 398 g/mol. The Hall–Kier alpha value is -1.75. The predicted octanol–water partition coefficient (Wildman–Crippen LogP) is 5.31. The topological polar surface area (TPSA) is 58.2 Å². The highest BCUT2D eigenvalue weighted by Crippen LogP contribution is 2.48. The van der Waals surface area contributed by atoms with Crippen molar-refractivity contribution in [2.24, 2.45) is 5.41 Å². The minimum absolute atomic E-state index is 0.322. The summed E-state index contributed by atoms with van der Waals surface area (Å²) in [6.07, 6.45) is 0.963. The van der Waals surface area contributed by atoms with Gasteiger partial charge in [0.15, 0.2) is 0 Å². The van der Waals surface area contributed by atoms with Crippen molar-refractivity contribution in [1.82, 2.24) is 0 Å². The lowest BCUT2D eigenvalue weighted by Crippen LogP contribution is -2.35. The van der Waals surface area contributed by atoms with Gasteiger partial charge < -0.3 is 10.6 Å². The van der Waals surface area contributed by atoms with E-state index in [1.54, 1.807) is 24.3 Å². The Morgan fingerprint density at radius 1 is 0.920 bits per heavy atom. The molecule has 2 aromatic carbocycles. The first-order valence-corrected chi connectivity index (χ1v) is 8.79. The molecule has 1 aliphatic rings. The fourth-order valence-electron chi connectivity index (χ4n) is 2.44. The monoisotopic (exact) mass is 396 g/mol. The zero-order chi connectivity index (χ0) is 18.2. The minimum Gasteiger partial charge on any atom is -0.325 e. The van der Waals surface area contributed by atoms with Gasteiger partial charge in [0.1, 0.15) is 5.41 Å². The largest absolute Gasteiger partial charge is 0.325 e. The second-order valence-electron chi connectivity index (χ2n) is 6.08. The smallest absolute Gasteiger partial charge is 0.240 e. The molecule has 2 aromatic rings. The van der Waals surface area contributed by atoms with Crippen molar-refractivity contribution in [3.63, 3.8) is 0 Å². The molecular weight excluding hydrogens is 383 g/mol. The molecule has 7 heteroatoms. The van der Waals surface area contributed by atoms with Crippen LogP contribution in [0.4, 0.5) is 11.4 Å². The van der Waals surface area contributed by atoms with E-state index in [1.807, 2.05) is 13.0 Å². The average Bonchev–Trinajstić information content (AvgIpc) is 3.35. The first-order valence-electron chi connectivity index (χ1n) is 7.66. The minimum atomic E-state index is -1.08. The van der Waals surface area contributed by atoms with Gasteiger partial charge in [-0.25, -0.2) is 0 Å². The van der Waals surface area contributed by atoms with Crippen LogP contribution in [0.5, 0.6) is 0 Å². The second-order valence-corrected chi connectivity index (χ2v) is 7.33. The van der Waals surface area contributed by atoms with E-state index in [1.165, 1.54) is 6.07 Å². The van der Waals surface area contributed by atoms with Gasteiger partial charge in [-0.1, -0.05) is 40.9 Å². The Kier molecular flexibility index (Phi) is 4.96. The predicted molar refractivity (Wildman–Crippen MR) is 102 cm³/mol. The Bertz CT molecular complexity index is 863. The fraction of sp³-hybridized carbons (Fsp3) is 0.222. The van der Waals surface area contributed by atoms with Crippen molar-refractivity contribution >= 4 is 58.0 Å². The molecule has 1 aliphatic carbocycles. The van der Waals surface area contributed by atoms with Gasteiger partial charge in [0.25, 0.3) is 0 Å². The van der Waals surface area contributed by atoms with Crippen LogP contribution in [-0.4, -0.2) is 11.8 Å². The number of carbonyl (C=O) groups excluding carboxylic acids is 2. The molecule has 0 atom stereocenters. The number of hydrogen-bond donors (Lipinski definition) is 2. The third kappa shape index (κ3) is 3.76. The van der Waals surface area contributed by atoms with Gasteiger partial charge in [-0.05, 0) is 55.7 Å². The Balaban J connectivity index is 1.73. The molecule has 0 bridgehead atoms. The molecule has 0 heterocycles. The first-order chi connectivity index (χ1) is 11.8. The summed E-state index contributed by atoms with van der Waals surface area (Å²) >= 11 is 18.0. The van der Waals surface area contributed by atoms with Gasteiger partial charge in [0.2, 0.25) is 11.8 Å². The van der Waals surface area contributed by atoms with Gasteiger partial charge in [-0.2, -0.15) is 0 Å². The van der Waals surface area contributed by atoms with E-state index in [4.69, 9.17) is 34.8 Å². The number of carbonyl (C=O) groups is 2. The van der Waals surface area contributed by atoms with Crippen molar-refractivity contribution in [2.75, 3.05) is 10.6 Å². The van der Waals surface area contributed by atoms with Crippen LogP contribution in [0.3, 0.4) is 0 Å². The van der Waals surface area contributed by atoms with E-state index in [0.29, 0.717) is 39.3 Å². The molecule has 0 unspecified atom stereocenters. The van der Waals surface area contributed by atoms with Crippen molar-refractivity contribution < 1.29 is 9.59 Å². The Morgan fingerprint density at radius 2 is 1.60 bits per heavy atom. The quantitative estimate of drug-likeness (QED) is 0.687. The molecular formula is C18H15Cl3N2O2. The van der Waals surface area contributed by atoms with Crippen molar-refractivity contribution in [3.8, 4) is 0 Å². The van der Waals surface area contributed by atoms with E-state index < -0.39 is 5.41 Å². The zero-order valence-electron chi connectivity index (χ0n) is 13.3. The van der Waals surface area contributed by atoms with Gasteiger partial charge in [0.05, 0.1) is 10.7 Å². The molecule has 3 rings (SSSR count). The molecule has 0 aromatic heterocycles. The van der Waals surface area contributed by atoms with Gasteiger partial charge in [-0.3, -0.25) is 9.59 Å². The number of rotatable bonds is 4. The molecule has 2 amide bonds. The maximum absolute atomic E-state index is 12.6. The van der Waals surface area contributed by atoms with Crippen LogP contribution < -0.4 is 10.6 Å². The van der Waals surface area contributed by atoms with E-state index in [9.17, 15) is 9.59 Å². The van der Waals surface area contributed by atoms with Crippen LogP contribution >= 0.6 is 34.8 Å². The van der Waals surface area contributed by atoms with Crippen molar-refractivity contribution in [1.29, 1.82) is 0 Å². The number of halogens is 3. The lowest BCUT2D eigenvalue weighted by molar-refractivity contribution is -0.131. The number of benzene rings is 2. The molecule has 1 saturated carbocycles. The van der Waals surface area contributed by atoms with Gasteiger partial charge in [0, 0.05) is 15.7 Å².